The second-order valence-electron chi connectivity index (χ2n) is 4.45. The molecule has 17 heavy (non-hydrogen) atoms. The molecule has 0 aliphatic carbocycles. The number of hydrogen-bond donors (Lipinski definition) is 1. The maximum atomic E-state index is 5.93. The minimum atomic E-state index is 0.584. The van der Waals surface area contributed by atoms with E-state index in [9.17, 15) is 0 Å². The average molecular weight is 256 g/mol. The number of methoxy groups -OCH3 is 1. The van der Waals surface area contributed by atoms with E-state index < -0.39 is 0 Å². The van der Waals surface area contributed by atoms with Gasteiger partial charge in [0.1, 0.15) is 0 Å². The highest BCUT2D eigenvalue weighted by Crippen LogP contribution is 2.27. The molecule has 2 N–H and O–H groups in total. The van der Waals surface area contributed by atoms with Gasteiger partial charge in [-0.3, -0.25) is 0 Å². The summed E-state index contributed by atoms with van der Waals surface area (Å²) < 4.78 is 5.19. The number of aromatic nitrogens is 1. The first-order valence-electron chi connectivity index (χ1n) is 5.85. The molecule has 0 saturated carbocycles. The third kappa shape index (κ3) is 3.01. The van der Waals surface area contributed by atoms with E-state index >= 15 is 0 Å². The standard InChI is InChI=1S/C12H18ClN3O/c1-17-8-9-2-4-16(5-3-9)12-11(14)6-10(13)7-15-12/h6-7,9H,2-5,8,14H2,1H3. The van der Waals surface area contributed by atoms with Crippen LogP contribution >= 0.6 is 11.6 Å². The van der Waals surface area contributed by atoms with Crippen molar-refractivity contribution in [2.24, 2.45) is 5.92 Å². The predicted octanol–water partition coefficient (Wildman–Crippen LogP) is 2.18. The summed E-state index contributed by atoms with van der Waals surface area (Å²) in [5.74, 6) is 1.51. The van der Waals surface area contributed by atoms with Gasteiger partial charge in [-0.2, -0.15) is 0 Å². The molecule has 0 amide bonds. The Morgan fingerprint density at radius 1 is 1.53 bits per heavy atom. The summed E-state index contributed by atoms with van der Waals surface area (Å²) in [5.41, 5.74) is 6.59. The van der Waals surface area contributed by atoms with Crippen molar-refractivity contribution in [3.8, 4) is 0 Å². The monoisotopic (exact) mass is 255 g/mol. The normalized spacial score (nSPS) is 17.4. The number of nitrogens with zero attached hydrogens (tertiary/aromatic N) is 2. The van der Waals surface area contributed by atoms with Crippen molar-refractivity contribution in [1.29, 1.82) is 0 Å². The molecule has 0 radical (unpaired) electrons. The predicted molar refractivity (Wildman–Crippen MR) is 70.5 cm³/mol. The van der Waals surface area contributed by atoms with Crippen LogP contribution in [0.3, 0.4) is 0 Å². The number of anilines is 2. The van der Waals surface area contributed by atoms with Gasteiger partial charge in [0.25, 0.3) is 0 Å². The van der Waals surface area contributed by atoms with Crippen molar-refractivity contribution in [2.45, 2.75) is 12.8 Å². The Kier molecular flexibility index (Phi) is 4.07. The molecule has 0 bridgehead atoms. The van der Waals surface area contributed by atoms with Gasteiger partial charge in [-0.15, -0.1) is 0 Å². The molecular formula is C12H18ClN3O. The van der Waals surface area contributed by atoms with Crippen molar-refractivity contribution < 1.29 is 4.74 Å². The fourth-order valence-electron chi connectivity index (χ4n) is 2.26. The van der Waals surface area contributed by atoms with Crippen LogP contribution in [0.4, 0.5) is 11.5 Å². The summed E-state index contributed by atoms with van der Waals surface area (Å²) >= 11 is 5.84. The maximum Gasteiger partial charge on any atom is 0.151 e. The van der Waals surface area contributed by atoms with Gasteiger partial charge in [-0.25, -0.2) is 4.98 Å². The molecule has 5 heteroatoms. The lowest BCUT2D eigenvalue weighted by molar-refractivity contribution is 0.139. The van der Waals surface area contributed by atoms with Gasteiger partial charge in [-0.1, -0.05) is 11.6 Å². The average Bonchev–Trinajstić information content (AvgIpc) is 2.31. The molecule has 1 aliphatic heterocycles. The van der Waals surface area contributed by atoms with Gasteiger partial charge in [0.2, 0.25) is 0 Å². The smallest absolute Gasteiger partial charge is 0.151 e. The van der Waals surface area contributed by atoms with E-state index in [0.29, 0.717) is 16.6 Å². The van der Waals surface area contributed by atoms with Gasteiger partial charge in [0.05, 0.1) is 10.7 Å². The summed E-state index contributed by atoms with van der Waals surface area (Å²) in [7, 11) is 1.76. The van der Waals surface area contributed by atoms with Crippen LogP contribution in [0.2, 0.25) is 5.02 Å². The van der Waals surface area contributed by atoms with E-state index in [0.717, 1.165) is 38.4 Å². The molecule has 0 unspecified atom stereocenters. The zero-order valence-electron chi connectivity index (χ0n) is 10.0. The summed E-state index contributed by atoms with van der Waals surface area (Å²) in [5, 5.41) is 0.584. The number of hydrogen-bond acceptors (Lipinski definition) is 4. The number of rotatable bonds is 3. The number of piperidine rings is 1. The zero-order chi connectivity index (χ0) is 12.3. The van der Waals surface area contributed by atoms with Crippen LogP contribution in [-0.4, -0.2) is 31.8 Å². The zero-order valence-corrected chi connectivity index (χ0v) is 10.8. The second kappa shape index (κ2) is 5.56. The first-order valence-corrected chi connectivity index (χ1v) is 6.23. The first kappa shape index (κ1) is 12.5. The lowest BCUT2D eigenvalue weighted by Crippen LogP contribution is -2.35. The molecule has 1 saturated heterocycles. The Morgan fingerprint density at radius 2 is 2.24 bits per heavy atom. The third-order valence-electron chi connectivity index (χ3n) is 3.18. The first-order chi connectivity index (χ1) is 8.20. The topological polar surface area (TPSA) is 51.4 Å². The highest BCUT2D eigenvalue weighted by atomic mass is 35.5. The molecule has 1 fully saturated rings. The van der Waals surface area contributed by atoms with E-state index in [-0.39, 0.29) is 0 Å². The lowest BCUT2D eigenvalue weighted by atomic mass is 9.98. The van der Waals surface area contributed by atoms with Crippen LogP contribution in [0.5, 0.6) is 0 Å². The van der Waals surface area contributed by atoms with Crippen molar-refractivity contribution in [3.05, 3.63) is 17.3 Å². The molecule has 1 aromatic heterocycles. The molecular weight excluding hydrogens is 238 g/mol. The van der Waals surface area contributed by atoms with Gasteiger partial charge in [0.15, 0.2) is 5.82 Å². The summed E-state index contributed by atoms with van der Waals surface area (Å²) in [4.78, 5) is 6.53. The van der Waals surface area contributed by atoms with Crippen LogP contribution < -0.4 is 10.6 Å². The maximum absolute atomic E-state index is 5.93. The number of pyridine rings is 1. The Labute approximate surface area is 107 Å². The van der Waals surface area contributed by atoms with Crippen LogP contribution in [-0.2, 0) is 4.74 Å². The Bertz CT molecular complexity index is 378. The van der Waals surface area contributed by atoms with E-state index in [4.69, 9.17) is 22.1 Å². The quantitative estimate of drug-likeness (QED) is 0.900. The fraction of sp³-hybridized carbons (Fsp3) is 0.583. The number of ether oxygens (including phenoxy) is 1. The van der Waals surface area contributed by atoms with Gasteiger partial charge in [0, 0.05) is 33.0 Å². The molecule has 94 valence electrons. The number of halogens is 1. The summed E-state index contributed by atoms with van der Waals surface area (Å²) in [6.07, 6.45) is 3.89. The Morgan fingerprint density at radius 3 is 2.82 bits per heavy atom. The molecule has 0 spiro atoms. The van der Waals surface area contributed by atoms with Crippen molar-refractivity contribution in [3.63, 3.8) is 0 Å². The van der Waals surface area contributed by atoms with Crippen molar-refractivity contribution in [1.82, 2.24) is 4.98 Å². The molecule has 2 heterocycles. The molecule has 0 atom stereocenters. The van der Waals surface area contributed by atoms with Crippen LogP contribution in [0.1, 0.15) is 12.8 Å². The summed E-state index contributed by atoms with van der Waals surface area (Å²) in [6, 6.07) is 1.76. The van der Waals surface area contributed by atoms with E-state index in [2.05, 4.69) is 9.88 Å². The van der Waals surface area contributed by atoms with E-state index in [1.165, 1.54) is 0 Å². The molecule has 0 aromatic carbocycles. The SMILES string of the molecule is COCC1CCN(c2ncc(Cl)cc2N)CC1. The highest BCUT2D eigenvalue weighted by Gasteiger charge is 2.21. The highest BCUT2D eigenvalue weighted by molar-refractivity contribution is 6.30. The van der Waals surface area contributed by atoms with Crippen LogP contribution in [0, 0.1) is 5.92 Å². The molecule has 1 aliphatic rings. The van der Waals surface area contributed by atoms with E-state index in [1.54, 1.807) is 19.4 Å². The van der Waals surface area contributed by atoms with Gasteiger partial charge in [-0.05, 0) is 24.8 Å². The van der Waals surface area contributed by atoms with Gasteiger partial charge < -0.3 is 15.4 Å². The molecule has 1 aromatic rings. The van der Waals surface area contributed by atoms with E-state index in [1.807, 2.05) is 0 Å². The summed E-state index contributed by atoms with van der Waals surface area (Å²) in [6.45, 7) is 2.80. The Balaban J connectivity index is 2.00. The molecule has 4 nitrogen and oxygen atoms in total. The molecule has 2 rings (SSSR count). The fourth-order valence-corrected chi connectivity index (χ4v) is 2.43. The number of nitrogens with two attached hydrogens (primary N) is 1. The minimum absolute atomic E-state index is 0.584. The minimum Gasteiger partial charge on any atom is -0.396 e. The number of nitrogen functional groups attached to an aromatic ring is 1. The second-order valence-corrected chi connectivity index (χ2v) is 4.89. The van der Waals surface area contributed by atoms with Crippen LogP contribution in [0.25, 0.3) is 0 Å². The Hall–Kier alpha value is -1.00. The largest absolute Gasteiger partial charge is 0.396 e. The van der Waals surface area contributed by atoms with Crippen LogP contribution in [0.15, 0.2) is 12.3 Å². The van der Waals surface area contributed by atoms with Crippen molar-refractivity contribution in [2.75, 3.05) is 37.4 Å². The van der Waals surface area contributed by atoms with Crippen molar-refractivity contribution >= 4 is 23.1 Å². The van der Waals surface area contributed by atoms with Gasteiger partial charge >= 0.3 is 0 Å². The lowest BCUT2D eigenvalue weighted by Gasteiger charge is -2.33. The third-order valence-corrected chi connectivity index (χ3v) is 3.38.